The van der Waals surface area contributed by atoms with Crippen LogP contribution in [0.1, 0.15) is 90.7 Å². The summed E-state index contributed by atoms with van der Waals surface area (Å²) in [6, 6.07) is 21.6. The minimum absolute atomic E-state index is 0.105. The zero-order valence-corrected chi connectivity index (χ0v) is 39.3. The van der Waals surface area contributed by atoms with Crippen LogP contribution in [0, 0.1) is 6.92 Å². The van der Waals surface area contributed by atoms with Gasteiger partial charge in [-0.05, 0) is 113 Å². The van der Waals surface area contributed by atoms with Crippen molar-refractivity contribution in [2.45, 2.75) is 107 Å². The van der Waals surface area contributed by atoms with E-state index in [1.807, 2.05) is 0 Å². The lowest BCUT2D eigenvalue weighted by Crippen LogP contribution is -2.65. The molecule has 0 saturated carbocycles. The highest BCUT2D eigenvalue weighted by Crippen LogP contribution is 2.48. The standard InChI is InChI=1S/C49H56F3N7O9S/c1-30-13-23-36(24-14-30)69(66,67)41-38(33-10-6-5-7-11-33)58-27-25-48(54,28-31-17-21-35(22-18-31)49(50,51)52)45(64)59(58)39(41)43(62)57-37(12-8-9-26-55-46(65)68-47(2,3)4)40(60)44(63)56-29-32-15-19-34(20-16-32)42(53)61/h5-7,10-11,13-24,37-38,40,60H,8-9,12,25-29,54H2,1-4H3,(H2,53,61)(H,55,65)(H,56,63)(H,57,62)/t37-,38?,40?,48?/m0/s1. The van der Waals surface area contributed by atoms with Crippen molar-refractivity contribution in [2.75, 3.05) is 13.1 Å². The van der Waals surface area contributed by atoms with E-state index in [0.717, 1.165) is 22.7 Å². The molecule has 4 aromatic rings. The van der Waals surface area contributed by atoms with Crippen molar-refractivity contribution < 1.29 is 55.4 Å². The Balaban J connectivity index is 1.40. The van der Waals surface area contributed by atoms with Gasteiger partial charge in [-0.3, -0.25) is 19.2 Å². The molecule has 69 heavy (non-hydrogen) atoms. The van der Waals surface area contributed by atoms with Gasteiger partial charge in [0.15, 0.2) is 6.10 Å². The number of aliphatic hydroxyl groups excluding tert-OH is 1. The van der Waals surface area contributed by atoms with E-state index in [2.05, 4.69) is 16.0 Å². The maximum Gasteiger partial charge on any atom is 0.416 e. The van der Waals surface area contributed by atoms with Crippen LogP contribution in [0.2, 0.25) is 0 Å². The molecule has 6 rings (SSSR count). The molecular formula is C49H56F3N7O9S. The first-order valence-corrected chi connectivity index (χ1v) is 23.7. The molecule has 2 heterocycles. The molecule has 0 aliphatic carbocycles. The summed E-state index contributed by atoms with van der Waals surface area (Å²) >= 11 is 0. The number of carbonyl (C=O) groups is 5. The van der Waals surface area contributed by atoms with Crippen LogP contribution in [-0.2, 0) is 48.1 Å². The van der Waals surface area contributed by atoms with Gasteiger partial charge in [-0.1, -0.05) is 72.3 Å². The maximum absolute atomic E-state index is 15.2. The van der Waals surface area contributed by atoms with E-state index in [0.29, 0.717) is 11.1 Å². The number of hydrogen-bond donors (Lipinski definition) is 6. The molecule has 4 aromatic carbocycles. The molecule has 0 aromatic heterocycles. The smallest absolute Gasteiger partial charge is 0.416 e. The number of aliphatic hydroxyl groups is 1. The third kappa shape index (κ3) is 12.4. The lowest BCUT2D eigenvalue weighted by molar-refractivity contribution is -0.160. The maximum atomic E-state index is 15.2. The van der Waals surface area contributed by atoms with Crippen molar-refractivity contribution >= 4 is 39.6 Å². The van der Waals surface area contributed by atoms with Crippen LogP contribution >= 0.6 is 0 Å². The van der Waals surface area contributed by atoms with Crippen LogP contribution in [-0.4, -0.2) is 89.6 Å². The number of unbranched alkanes of at least 4 members (excludes halogenated alkanes) is 1. The number of ether oxygens (including phenoxy) is 1. The zero-order chi connectivity index (χ0) is 50.5. The van der Waals surface area contributed by atoms with Gasteiger partial charge in [0.25, 0.3) is 17.7 Å². The highest BCUT2D eigenvalue weighted by molar-refractivity contribution is 7.95. The van der Waals surface area contributed by atoms with E-state index in [1.54, 1.807) is 82.3 Å². The normalized spacial score (nSPS) is 18.5. The minimum atomic E-state index is -4.70. The molecule has 0 radical (unpaired) electrons. The Labute approximate surface area is 398 Å². The topological polar surface area (TPSA) is 244 Å². The first-order chi connectivity index (χ1) is 32.4. The number of nitrogens with zero attached hydrogens (tertiary/aromatic N) is 2. The van der Waals surface area contributed by atoms with E-state index in [-0.39, 0.29) is 67.8 Å². The zero-order valence-electron chi connectivity index (χ0n) is 38.5. The van der Waals surface area contributed by atoms with Crippen molar-refractivity contribution in [2.24, 2.45) is 11.5 Å². The van der Waals surface area contributed by atoms with Gasteiger partial charge in [-0.2, -0.15) is 13.2 Å². The van der Waals surface area contributed by atoms with Crippen molar-refractivity contribution in [1.29, 1.82) is 0 Å². The molecule has 368 valence electrons. The van der Waals surface area contributed by atoms with Gasteiger partial charge in [0, 0.05) is 25.2 Å². The second-order valence-electron chi connectivity index (χ2n) is 18.1. The number of alkyl halides is 3. The monoisotopic (exact) mass is 975 g/mol. The van der Waals surface area contributed by atoms with Crippen molar-refractivity contribution in [3.05, 3.63) is 147 Å². The highest BCUT2D eigenvalue weighted by atomic mass is 32.2. The number of alkyl carbamates (subject to hydrolysis) is 1. The molecule has 4 atom stereocenters. The van der Waals surface area contributed by atoms with Crippen LogP contribution in [0.25, 0.3) is 0 Å². The lowest BCUT2D eigenvalue weighted by Gasteiger charge is -2.45. The first-order valence-electron chi connectivity index (χ1n) is 22.2. The molecule has 8 N–H and O–H groups in total. The Kier molecular flexibility index (Phi) is 15.7. The molecule has 0 bridgehead atoms. The van der Waals surface area contributed by atoms with Crippen LogP contribution in [0.4, 0.5) is 18.0 Å². The third-order valence-electron chi connectivity index (χ3n) is 11.7. The van der Waals surface area contributed by atoms with Gasteiger partial charge in [0.1, 0.15) is 21.7 Å². The Morgan fingerprint density at radius 1 is 0.884 bits per heavy atom. The summed E-state index contributed by atoms with van der Waals surface area (Å²) in [5, 5.41) is 21.9. The van der Waals surface area contributed by atoms with Gasteiger partial charge >= 0.3 is 12.3 Å². The fraction of sp³-hybridized carbons (Fsp3) is 0.367. The Hall–Kier alpha value is -6.61. The number of rotatable bonds is 17. The van der Waals surface area contributed by atoms with Gasteiger partial charge < -0.3 is 37.3 Å². The summed E-state index contributed by atoms with van der Waals surface area (Å²) in [5.41, 5.74) is 10.2. The fourth-order valence-electron chi connectivity index (χ4n) is 8.12. The van der Waals surface area contributed by atoms with Crippen LogP contribution in [0.15, 0.2) is 119 Å². The quantitative estimate of drug-likeness (QED) is 0.0761. The molecule has 2 aliphatic heterocycles. The second-order valence-corrected chi connectivity index (χ2v) is 20.0. The number of benzene rings is 4. The molecule has 3 unspecified atom stereocenters. The number of amides is 5. The number of carbonyl (C=O) groups excluding carboxylic acids is 5. The molecule has 0 spiro atoms. The molecule has 20 heteroatoms. The number of hydrogen-bond acceptors (Lipinski definition) is 11. The van der Waals surface area contributed by atoms with E-state index in [9.17, 15) is 32.7 Å². The predicted octanol–water partition coefficient (Wildman–Crippen LogP) is 5.10. The number of sulfone groups is 1. The van der Waals surface area contributed by atoms with Crippen LogP contribution < -0.4 is 27.4 Å². The van der Waals surface area contributed by atoms with Crippen LogP contribution in [0.5, 0.6) is 0 Å². The first kappa shape index (κ1) is 51.8. The SMILES string of the molecule is Cc1ccc(S(=O)(=O)C2=C(C(=O)N[C@@H](CCCCNC(=O)OC(C)(C)C)C(O)C(=O)NCc3ccc(C(N)=O)cc3)N3C(=O)C(N)(Cc4ccc(C(F)(F)F)cc4)CCN3C2c2ccccc2)cc1. The Morgan fingerprint density at radius 2 is 1.51 bits per heavy atom. The number of aryl methyl sites for hydroxylation is 1. The summed E-state index contributed by atoms with van der Waals surface area (Å²) in [5.74, 6) is -3.69. The summed E-state index contributed by atoms with van der Waals surface area (Å²) < 4.78 is 76.0. The molecule has 2 aliphatic rings. The average Bonchev–Trinajstić information content (AvgIpc) is 3.65. The Bertz CT molecular complexity index is 2680. The fourth-order valence-corrected chi connectivity index (χ4v) is 9.85. The van der Waals surface area contributed by atoms with E-state index >= 15 is 18.0 Å². The number of hydrazine groups is 1. The summed E-state index contributed by atoms with van der Waals surface area (Å²) in [4.78, 5) is 67.2. The molecule has 16 nitrogen and oxygen atoms in total. The van der Waals surface area contributed by atoms with Crippen molar-refractivity contribution in [3.63, 3.8) is 0 Å². The average molecular weight is 976 g/mol. The molecular weight excluding hydrogens is 920 g/mol. The molecule has 1 fully saturated rings. The Morgan fingerprint density at radius 3 is 2.10 bits per heavy atom. The predicted molar refractivity (Wildman–Crippen MR) is 248 cm³/mol. The van der Waals surface area contributed by atoms with Crippen LogP contribution in [0.3, 0.4) is 0 Å². The lowest BCUT2D eigenvalue weighted by atomic mass is 9.85. The van der Waals surface area contributed by atoms with Gasteiger partial charge in [-0.15, -0.1) is 0 Å². The molecule has 5 amide bonds. The van der Waals surface area contributed by atoms with E-state index < -0.39 is 91.2 Å². The van der Waals surface area contributed by atoms with Crippen molar-refractivity contribution in [1.82, 2.24) is 26.0 Å². The molecule has 1 saturated heterocycles. The number of primary amides is 1. The number of nitrogens with two attached hydrogens (primary N) is 2. The highest BCUT2D eigenvalue weighted by Gasteiger charge is 2.57. The third-order valence-corrected chi connectivity index (χ3v) is 13.6. The van der Waals surface area contributed by atoms with E-state index in [4.69, 9.17) is 16.2 Å². The number of fused-ring (bicyclic) bond motifs is 1. The minimum Gasteiger partial charge on any atom is -0.444 e. The largest absolute Gasteiger partial charge is 0.444 e. The summed E-state index contributed by atoms with van der Waals surface area (Å²) in [7, 11) is -4.70. The number of halogens is 3. The van der Waals surface area contributed by atoms with Gasteiger partial charge in [0.2, 0.25) is 15.7 Å². The second kappa shape index (κ2) is 20.9. The summed E-state index contributed by atoms with van der Waals surface area (Å²) in [6.07, 6.45) is -7.31. The summed E-state index contributed by atoms with van der Waals surface area (Å²) in [6.45, 7) is 6.74. The van der Waals surface area contributed by atoms with Gasteiger partial charge in [0.05, 0.1) is 22.5 Å². The number of nitrogens with one attached hydrogen (secondary N) is 3. The van der Waals surface area contributed by atoms with Gasteiger partial charge in [-0.25, -0.2) is 23.2 Å². The van der Waals surface area contributed by atoms with E-state index in [1.165, 1.54) is 41.4 Å². The van der Waals surface area contributed by atoms with Crippen molar-refractivity contribution in [3.8, 4) is 0 Å².